The van der Waals surface area contributed by atoms with Crippen molar-refractivity contribution >= 4 is 17.6 Å². The molecule has 0 aliphatic heterocycles. The van der Waals surface area contributed by atoms with E-state index >= 15 is 0 Å². The van der Waals surface area contributed by atoms with Crippen LogP contribution in [-0.4, -0.2) is 33.4 Å². The number of hydrogen-bond acceptors (Lipinski definition) is 5. The number of carbonyl (C=O) groups excluding carboxylic acids is 2. The molecule has 0 spiro atoms. The van der Waals surface area contributed by atoms with Gasteiger partial charge < -0.3 is 20.5 Å². The van der Waals surface area contributed by atoms with Crippen LogP contribution in [0.2, 0.25) is 0 Å². The van der Waals surface area contributed by atoms with E-state index in [1.165, 1.54) is 10.7 Å². The van der Waals surface area contributed by atoms with Gasteiger partial charge in [0.25, 0.3) is 5.91 Å². The Morgan fingerprint density at radius 1 is 1.03 bits per heavy atom. The fourth-order valence-electron chi connectivity index (χ4n) is 4.22. The summed E-state index contributed by atoms with van der Waals surface area (Å²) in [6.07, 6.45) is 2.00. The zero-order valence-corrected chi connectivity index (χ0v) is 21.4. The molecule has 8 heteroatoms. The van der Waals surface area contributed by atoms with Gasteiger partial charge >= 0.3 is 6.03 Å². The Morgan fingerprint density at radius 2 is 1.76 bits per heavy atom. The summed E-state index contributed by atoms with van der Waals surface area (Å²) >= 11 is 0. The number of carbonyl (C=O) groups is 2. The number of amides is 2. The monoisotopic (exact) mass is 510 g/mol. The number of phenols is 1. The highest BCUT2D eigenvalue weighted by Gasteiger charge is 2.30. The van der Waals surface area contributed by atoms with Crippen LogP contribution in [0.4, 0.5) is 10.5 Å². The first-order chi connectivity index (χ1) is 18.4. The summed E-state index contributed by atoms with van der Waals surface area (Å²) in [6.45, 7) is 4.87. The Morgan fingerprint density at radius 3 is 2.42 bits per heavy atom. The van der Waals surface area contributed by atoms with Crippen molar-refractivity contribution in [2.75, 3.05) is 11.9 Å². The Labute approximate surface area is 221 Å². The Balaban J connectivity index is 1.30. The Bertz CT molecular complexity index is 1450. The molecule has 5 rings (SSSR count). The molecule has 0 atom stereocenters. The number of phenolic OH excluding ortho intramolecular Hbond substituents is 1. The average molecular weight is 511 g/mol. The molecule has 194 valence electrons. The van der Waals surface area contributed by atoms with Crippen LogP contribution >= 0.6 is 0 Å². The lowest BCUT2D eigenvalue weighted by Crippen LogP contribution is -2.30. The van der Waals surface area contributed by atoms with Crippen molar-refractivity contribution in [1.29, 1.82) is 0 Å². The van der Waals surface area contributed by atoms with Crippen molar-refractivity contribution < 1.29 is 19.4 Å². The van der Waals surface area contributed by atoms with Gasteiger partial charge in [-0.05, 0) is 74.7 Å². The van der Waals surface area contributed by atoms with E-state index in [0.717, 1.165) is 29.7 Å². The highest BCUT2D eigenvalue weighted by Crippen LogP contribution is 2.42. The second kappa shape index (κ2) is 10.8. The maximum atomic E-state index is 13.0. The van der Waals surface area contributed by atoms with E-state index < -0.39 is 0 Å². The maximum Gasteiger partial charge on any atom is 0.342 e. The van der Waals surface area contributed by atoms with Gasteiger partial charge in [0.15, 0.2) is 0 Å². The predicted molar refractivity (Wildman–Crippen MR) is 146 cm³/mol. The average Bonchev–Trinajstić information content (AvgIpc) is 3.67. The second-order valence-electron chi connectivity index (χ2n) is 9.43. The maximum absolute atomic E-state index is 13.0. The van der Waals surface area contributed by atoms with Crippen LogP contribution in [0.3, 0.4) is 0 Å². The molecular formula is C30H30N4O4. The first-order valence-electron chi connectivity index (χ1n) is 12.7. The molecule has 1 saturated carbocycles. The number of anilines is 1. The molecule has 8 nitrogen and oxygen atoms in total. The summed E-state index contributed by atoms with van der Waals surface area (Å²) < 4.78 is 6.82. The van der Waals surface area contributed by atoms with Crippen molar-refractivity contribution in [2.24, 2.45) is 0 Å². The van der Waals surface area contributed by atoms with E-state index in [4.69, 9.17) is 4.74 Å². The molecule has 2 amide bonds. The van der Waals surface area contributed by atoms with Gasteiger partial charge in [-0.25, -0.2) is 4.79 Å². The Kier molecular flexibility index (Phi) is 7.13. The van der Waals surface area contributed by atoms with Crippen LogP contribution < -0.4 is 15.4 Å². The molecule has 1 aliphatic rings. The quantitative estimate of drug-likeness (QED) is 0.276. The normalized spacial score (nSPS) is 12.7. The number of aromatic hydroxyl groups is 1. The summed E-state index contributed by atoms with van der Waals surface area (Å²) in [5.41, 5.74) is 4.90. The lowest BCUT2D eigenvalue weighted by Gasteiger charge is -2.09. The molecular weight excluding hydrogens is 480 g/mol. The molecule has 1 fully saturated rings. The van der Waals surface area contributed by atoms with E-state index in [1.54, 1.807) is 36.4 Å². The number of benzene rings is 3. The minimum absolute atomic E-state index is 0.0402. The molecule has 0 saturated heterocycles. The van der Waals surface area contributed by atoms with Gasteiger partial charge in [-0.15, -0.1) is 0 Å². The van der Waals surface area contributed by atoms with Crippen LogP contribution in [0.5, 0.6) is 11.5 Å². The van der Waals surface area contributed by atoms with E-state index in [2.05, 4.69) is 15.7 Å². The van der Waals surface area contributed by atoms with Gasteiger partial charge in [0.2, 0.25) is 0 Å². The molecule has 3 N–H and O–H groups in total. The van der Waals surface area contributed by atoms with Crippen molar-refractivity contribution in [1.82, 2.24) is 15.1 Å². The SMILES string of the molecule is CCOc1ccc(C(=O)Nc2ccc(-c3cc(C4CC4)n(C(=O)NCc4ccc(C)cc4)n3)c(O)c2)cc1. The third kappa shape index (κ3) is 5.70. The largest absolute Gasteiger partial charge is 0.507 e. The van der Waals surface area contributed by atoms with Crippen LogP contribution in [0.25, 0.3) is 11.3 Å². The number of nitrogens with zero attached hydrogens (tertiary/aromatic N) is 2. The fraction of sp³-hybridized carbons (Fsp3) is 0.233. The minimum Gasteiger partial charge on any atom is -0.507 e. The van der Waals surface area contributed by atoms with Crippen molar-refractivity contribution in [3.05, 3.63) is 95.2 Å². The summed E-state index contributed by atoms with van der Waals surface area (Å²) in [7, 11) is 0. The molecule has 3 aromatic carbocycles. The standard InChI is InChI=1S/C30H30N4O4/c1-3-38-24-13-10-22(11-14-24)29(36)32-23-12-15-25(28(35)16-23)26-17-27(21-8-9-21)34(33-26)30(37)31-18-20-6-4-19(2)5-7-20/h4-7,10-17,21,35H,3,8-9,18H2,1-2H3,(H,31,37)(H,32,36). The number of ether oxygens (including phenoxy) is 1. The number of aromatic nitrogens is 2. The van der Waals surface area contributed by atoms with Gasteiger partial charge in [-0.2, -0.15) is 9.78 Å². The van der Waals surface area contributed by atoms with Gasteiger partial charge in [0, 0.05) is 35.3 Å². The predicted octanol–water partition coefficient (Wildman–Crippen LogP) is 5.85. The van der Waals surface area contributed by atoms with E-state index in [9.17, 15) is 14.7 Å². The van der Waals surface area contributed by atoms with Crippen molar-refractivity contribution in [3.63, 3.8) is 0 Å². The zero-order chi connectivity index (χ0) is 26.6. The number of rotatable bonds is 8. The molecule has 1 heterocycles. The summed E-state index contributed by atoms with van der Waals surface area (Å²) in [4.78, 5) is 25.6. The topological polar surface area (TPSA) is 105 Å². The lowest BCUT2D eigenvalue weighted by atomic mass is 10.1. The highest BCUT2D eigenvalue weighted by molar-refractivity contribution is 6.04. The van der Waals surface area contributed by atoms with E-state index in [0.29, 0.717) is 41.4 Å². The molecule has 1 aliphatic carbocycles. The second-order valence-corrected chi connectivity index (χ2v) is 9.43. The van der Waals surface area contributed by atoms with Gasteiger partial charge in [-0.1, -0.05) is 29.8 Å². The zero-order valence-electron chi connectivity index (χ0n) is 21.4. The van der Waals surface area contributed by atoms with E-state index in [-0.39, 0.29) is 23.6 Å². The van der Waals surface area contributed by atoms with Gasteiger partial charge in [0.1, 0.15) is 11.5 Å². The van der Waals surface area contributed by atoms with Crippen LogP contribution in [0, 0.1) is 6.92 Å². The minimum atomic E-state index is -0.308. The fourth-order valence-corrected chi connectivity index (χ4v) is 4.22. The Hall–Kier alpha value is -4.59. The van der Waals surface area contributed by atoms with Crippen molar-refractivity contribution in [3.8, 4) is 22.8 Å². The molecule has 0 bridgehead atoms. The van der Waals surface area contributed by atoms with Crippen molar-refractivity contribution in [2.45, 2.75) is 39.2 Å². The number of hydrogen-bond donors (Lipinski definition) is 3. The van der Waals surface area contributed by atoms with Crippen LogP contribution in [0.1, 0.15) is 52.9 Å². The van der Waals surface area contributed by atoms with Gasteiger partial charge in [0.05, 0.1) is 18.0 Å². The highest BCUT2D eigenvalue weighted by atomic mass is 16.5. The van der Waals surface area contributed by atoms with E-state index in [1.807, 2.05) is 44.2 Å². The number of aryl methyl sites for hydroxylation is 1. The lowest BCUT2D eigenvalue weighted by molar-refractivity contribution is 0.102. The molecule has 1 aromatic heterocycles. The number of nitrogens with one attached hydrogen (secondary N) is 2. The third-order valence-corrected chi connectivity index (χ3v) is 6.45. The first kappa shape index (κ1) is 25.1. The van der Waals surface area contributed by atoms with Crippen LogP contribution in [-0.2, 0) is 6.54 Å². The summed E-state index contributed by atoms with van der Waals surface area (Å²) in [5, 5.41) is 21.0. The van der Waals surface area contributed by atoms with Gasteiger partial charge in [-0.3, -0.25) is 4.79 Å². The molecule has 0 unspecified atom stereocenters. The summed E-state index contributed by atoms with van der Waals surface area (Å²) in [5.74, 6) is 0.628. The molecule has 4 aromatic rings. The smallest absolute Gasteiger partial charge is 0.342 e. The van der Waals surface area contributed by atoms with Crippen LogP contribution in [0.15, 0.2) is 72.8 Å². The molecule has 0 radical (unpaired) electrons. The first-order valence-corrected chi connectivity index (χ1v) is 12.7. The third-order valence-electron chi connectivity index (χ3n) is 6.45. The summed E-state index contributed by atoms with van der Waals surface area (Å²) in [6, 6.07) is 21.3. The molecule has 38 heavy (non-hydrogen) atoms.